The molecule has 0 saturated heterocycles. The van der Waals surface area contributed by atoms with Gasteiger partial charge in [-0.3, -0.25) is 9.78 Å². The van der Waals surface area contributed by atoms with E-state index in [4.69, 9.17) is 4.74 Å². The summed E-state index contributed by atoms with van der Waals surface area (Å²) in [6.45, 7) is 0. The van der Waals surface area contributed by atoms with Crippen molar-refractivity contribution < 1.29 is 9.53 Å². The second-order valence-electron chi connectivity index (χ2n) is 5.13. The summed E-state index contributed by atoms with van der Waals surface area (Å²) in [7, 11) is 1.64. The monoisotopic (exact) mass is 267 g/mol. The zero-order valence-corrected chi connectivity index (χ0v) is 11.5. The number of fused-ring (bicyclic) bond motifs is 1. The van der Waals surface area contributed by atoms with E-state index in [0.717, 1.165) is 29.8 Å². The van der Waals surface area contributed by atoms with E-state index >= 15 is 0 Å². The molecule has 1 heterocycles. The number of aryl methyl sites for hydroxylation is 1. The number of hydrogen-bond acceptors (Lipinski definition) is 3. The Bertz CT molecular complexity index is 619. The molecule has 0 spiro atoms. The number of rotatable bonds is 4. The molecule has 102 valence electrons. The summed E-state index contributed by atoms with van der Waals surface area (Å²) in [6, 6.07) is 11.7. The number of ketones is 1. The highest BCUT2D eigenvalue weighted by molar-refractivity contribution is 5.88. The number of Topliss-reactive ketones (excluding diaryl/α,β-unsaturated/α-hetero) is 1. The zero-order chi connectivity index (χ0) is 13.9. The number of nitrogens with zero attached hydrogens (tertiary/aromatic N) is 1. The number of carbonyl (C=O) groups excluding carboxylic acids is 1. The van der Waals surface area contributed by atoms with Gasteiger partial charge in [0.2, 0.25) is 0 Å². The third kappa shape index (κ3) is 2.44. The van der Waals surface area contributed by atoms with Crippen molar-refractivity contribution in [2.45, 2.75) is 25.2 Å². The van der Waals surface area contributed by atoms with E-state index in [1.165, 1.54) is 5.56 Å². The molecular formula is C17H17NO2. The van der Waals surface area contributed by atoms with E-state index in [-0.39, 0.29) is 11.7 Å². The number of methoxy groups -OCH3 is 1. The Kier molecular flexibility index (Phi) is 3.50. The van der Waals surface area contributed by atoms with Crippen molar-refractivity contribution in [2.24, 2.45) is 0 Å². The van der Waals surface area contributed by atoms with Crippen LogP contribution in [0.1, 0.15) is 29.2 Å². The van der Waals surface area contributed by atoms with Gasteiger partial charge in [-0.2, -0.15) is 0 Å². The normalized spacial score (nSPS) is 16.8. The first-order valence-electron chi connectivity index (χ1n) is 6.87. The van der Waals surface area contributed by atoms with Gasteiger partial charge < -0.3 is 4.74 Å². The van der Waals surface area contributed by atoms with Crippen LogP contribution in [0.3, 0.4) is 0 Å². The molecule has 2 aromatic rings. The summed E-state index contributed by atoms with van der Waals surface area (Å²) < 4.78 is 5.13. The number of carbonyl (C=O) groups is 1. The molecule has 1 atom stereocenters. The van der Waals surface area contributed by atoms with Gasteiger partial charge in [0.15, 0.2) is 0 Å². The highest BCUT2D eigenvalue weighted by Gasteiger charge is 2.29. The van der Waals surface area contributed by atoms with Crippen LogP contribution >= 0.6 is 0 Å². The van der Waals surface area contributed by atoms with E-state index in [2.05, 4.69) is 11.1 Å². The quantitative estimate of drug-likeness (QED) is 0.855. The van der Waals surface area contributed by atoms with Crippen molar-refractivity contribution in [1.82, 2.24) is 4.98 Å². The summed E-state index contributed by atoms with van der Waals surface area (Å²) in [4.78, 5) is 16.9. The summed E-state index contributed by atoms with van der Waals surface area (Å²) in [5.41, 5.74) is 3.23. The van der Waals surface area contributed by atoms with Crippen molar-refractivity contribution in [3.8, 4) is 5.75 Å². The van der Waals surface area contributed by atoms with Crippen molar-refractivity contribution in [3.63, 3.8) is 0 Å². The molecule has 1 unspecified atom stereocenters. The molecule has 3 nitrogen and oxygen atoms in total. The maximum absolute atomic E-state index is 12.5. The molecule has 1 aromatic carbocycles. The number of aromatic nitrogens is 1. The summed E-state index contributed by atoms with van der Waals surface area (Å²) >= 11 is 0. The van der Waals surface area contributed by atoms with Gasteiger partial charge in [-0.1, -0.05) is 18.2 Å². The first kappa shape index (κ1) is 12.9. The topological polar surface area (TPSA) is 39.2 Å². The Hall–Kier alpha value is -2.16. The molecule has 0 N–H and O–H groups in total. The van der Waals surface area contributed by atoms with Gasteiger partial charge in [0.1, 0.15) is 11.5 Å². The van der Waals surface area contributed by atoms with Crippen LogP contribution in [0.15, 0.2) is 42.6 Å². The van der Waals surface area contributed by atoms with Crippen LogP contribution in [0.5, 0.6) is 5.75 Å². The van der Waals surface area contributed by atoms with Gasteiger partial charge in [0.05, 0.1) is 18.7 Å². The first-order chi connectivity index (χ1) is 9.78. The van der Waals surface area contributed by atoms with E-state index in [1.54, 1.807) is 13.3 Å². The fourth-order valence-electron chi connectivity index (χ4n) is 2.79. The molecule has 0 radical (unpaired) electrons. The van der Waals surface area contributed by atoms with Crippen LogP contribution < -0.4 is 4.74 Å². The van der Waals surface area contributed by atoms with Crippen LogP contribution in [-0.4, -0.2) is 17.9 Å². The van der Waals surface area contributed by atoms with Crippen LogP contribution in [0.4, 0.5) is 0 Å². The van der Waals surface area contributed by atoms with Crippen LogP contribution in [0.25, 0.3) is 0 Å². The van der Waals surface area contributed by atoms with Gasteiger partial charge in [-0.15, -0.1) is 0 Å². The summed E-state index contributed by atoms with van der Waals surface area (Å²) in [5.74, 6) is 1.04. The molecule has 0 aliphatic heterocycles. The van der Waals surface area contributed by atoms with Gasteiger partial charge in [-0.25, -0.2) is 0 Å². The molecule has 0 amide bonds. The minimum absolute atomic E-state index is 0.0340. The number of ether oxygens (including phenoxy) is 1. The first-order valence-corrected chi connectivity index (χ1v) is 6.87. The minimum Gasteiger partial charge on any atom is -0.497 e. The second kappa shape index (κ2) is 5.45. The number of benzene rings is 1. The van der Waals surface area contributed by atoms with Crippen LogP contribution in [-0.2, 0) is 17.6 Å². The van der Waals surface area contributed by atoms with Gasteiger partial charge in [0, 0.05) is 12.6 Å². The maximum atomic E-state index is 12.5. The molecular weight excluding hydrogens is 250 g/mol. The highest BCUT2D eigenvalue weighted by Crippen LogP contribution is 2.32. The third-order valence-electron chi connectivity index (χ3n) is 3.88. The van der Waals surface area contributed by atoms with Gasteiger partial charge in [-0.05, 0) is 42.2 Å². The fourth-order valence-corrected chi connectivity index (χ4v) is 2.79. The SMILES string of the molecule is COc1ccc(CC(=O)C2CCc3cccnc32)cc1. The molecule has 0 fully saturated rings. The summed E-state index contributed by atoms with van der Waals surface area (Å²) in [6.07, 6.45) is 4.09. The lowest BCUT2D eigenvalue weighted by Gasteiger charge is -2.10. The lowest BCUT2D eigenvalue weighted by Crippen LogP contribution is -2.13. The Morgan fingerprint density at radius 1 is 1.30 bits per heavy atom. The van der Waals surface area contributed by atoms with Crippen molar-refractivity contribution in [2.75, 3.05) is 7.11 Å². The second-order valence-corrected chi connectivity index (χ2v) is 5.13. The van der Waals surface area contributed by atoms with E-state index < -0.39 is 0 Å². The molecule has 1 aliphatic rings. The highest BCUT2D eigenvalue weighted by atomic mass is 16.5. The molecule has 0 bridgehead atoms. The minimum atomic E-state index is -0.0340. The van der Waals surface area contributed by atoms with Crippen molar-refractivity contribution in [1.29, 1.82) is 0 Å². The molecule has 20 heavy (non-hydrogen) atoms. The van der Waals surface area contributed by atoms with E-state index in [1.807, 2.05) is 30.3 Å². The molecule has 1 aromatic heterocycles. The van der Waals surface area contributed by atoms with Gasteiger partial charge >= 0.3 is 0 Å². The fraction of sp³-hybridized carbons (Fsp3) is 0.294. The molecule has 3 heteroatoms. The van der Waals surface area contributed by atoms with Crippen molar-refractivity contribution >= 4 is 5.78 Å². The number of pyridine rings is 1. The van der Waals surface area contributed by atoms with E-state index in [0.29, 0.717) is 6.42 Å². The predicted molar refractivity (Wildman–Crippen MR) is 77.0 cm³/mol. The maximum Gasteiger partial charge on any atom is 0.146 e. The molecule has 3 rings (SSSR count). The average Bonchev–Trinajstić information content (AvgIpc) is 2.92. The largest absolute Gasteiger partial charge is 0.497 e. The van der Waals surface area contributed by atoms with Gasteiger partial charge in [0.25, 0.3) is 0 Å². The number of hydrogen-bond donors (Lipinski definition) is 0. The lowest BCUT2D eigenvalue weighted by molar-refractivity contribution is -0.119. The third-order valence-corrected chi connectivity index (χ3v) is 3.88. The zero-order valence-electron chi connectivity index (χ0n) is 11.5. The lowest BCUT2D eigenvalue weighted by atomic mass is 9.95. The van der Waals surface area contributed by atoms with E-state index in [9.17, 15) is 4.79 Å². The Balaban J connectivity index is 1.74. The molecule has 1 aliphatic carbocycles. The predicted octanol–water partition coefficient (Wildman–Crippen LogP) is 2.93. The Labute approximate surface area is 118 Å². The smallest absolute Gasteiger partial charge is 0.146 e. The Morgan fingerprint density at radius 2 is 2.10 bits per heavy atom. The summed E-state index contributed by atoms with van der Waals surface area (Å²) in [5, 5.41) is 0. The van der Waals surface area contributed by atoms with Crippen LogP contribution in [0.2, 0.25) is 0 Å². The standard InChI is InChI=1S/C17H17NO2/c1-20-14-7-4-12(5-8-14)11-16(19)15-9-6-13-3-2-10-18-17(13)15/h2-5,7-8,10,15H,6,9,11H2,1H3. The Morgan fingerprint density at radius 3 is 2.85 bits per heavy atom. The van der Waals surface area contributed by atoms with Crippen LogP contribution in [0, 0.1) is 0 Å². The average molecular weight is 267 g/mol. The molecule has 0 saturated carbocycles. The van der Waals surface area contributed by atoms with Crippen molar-refractivity contribution in [3.05, 3.63) is 59.4 Å².